The molecule has 0 aromatic heterocycles. The summed E-state index contributed by atoms with van der Waals surface area (Å²) in [5.41, 5.74) is 5.83. The maximum Gasteiger partial charge on any atom is 0.0431 e. The summed E-state index contributed by atoms with van der Waals surface area (Å²) in [5.74, 6) is 0. The van der Waals surface area contributed by atoms with Crippen LogP contribution in [0.1, 0.15) is 33.1 Å². The summed E-state index contributed by atoms with van der Waals surface area (Å²) in [6.07, 6.45) is 3.02. The molecule has 0 bridgehead atoms. The van der Waals surface area contributed by atoms with Gasteiger partial charge < -0.3 is 10.8 Å². The molecule has 0 aromatic carbocycles. The fourth-order valence-electron chi connectivity index (χ4n) is 0.929. The van der Waals surface area contributed by atoms with Gasteiger partial charge in [0.15, 0.2) is 0 Å². The molecule has 0 spiro atoms. The number of rotatable bonds is 5. The van der Waals surface area contributed by atoms with E-state index in [2.05, 4.69) is 13.8 Å². The van der Waals surface area contributed by atoms with E-state index in [-0.39, 0.29) is 12.0 Å². The fourth-order valence-corrected chi connectivity index (χ4v) is 0.929. The van der Waals surface area contributed by atoms with E-state index >= 15 is 0 Å². The first-order chi connectivity index (χ1) is 4.68. The summed E-state index contributed by atoms with van der Waals surface area (Å²) < 4.78 is 0. The van der Waals surface area contributed by atoms with Crippen LogP contribution in [0.2, 0.25) is 0 Å². The van der Waals surface area contributed by atoms with Crippen LogP contribution in [0.5, 0.6) is 0 Å². The van der Waals surface area contributed by atoms with E-state index in [0.717, 1.165) is 25.8 Å². The molecule has 1 atom stereocenters. The van der Waals surface area contributed by atoms with E-state index in [4.69, 9.17) is 10.8 Å². The largest absolute Gasteiger partial charge is 0.396 e. The Morgan fingerprint density at radius 1 is 1.50 bits per heavy atom. The van der Waals surface area contributed by atoms with Crippen molar-refractivity contribution < 1.29 is 5.11 Å². The van der Waals surface area contributed by atoms with Gasteiger partial charge in [0.1, 0.15) is 0 Å². The zero-order valence-corrected chi connectivity index (χ0v) is 7.06. The average molecular weight is 145 g/mol. The van der Waals surface area contributed by atoms with Gasteiger partial charge >= 0.3 is 0 Å². The first kappa shape index (κ1) is 9.92. The number of hydrogen-bond donors (Lipinski definition) is 2. The Balaban J connectivity index is 3.58. The Morgan fingerprint density at radius 3 is 2.40 bits per heavy atom. The molecule has 0 fully saturated rings. The molecule has 0 aliphatic rings. The van der Waals surface area contributed by atoms with Gasteiger partial charge in [-0.25, -0.2) is 0 Å². The second kappa shape index (κ2) is 4.69. The van der Waals surface area contributed by atoms with E-state index in [1.54, 1.807) is 0 Å². The monoisotopic (exact) mass is 145 g/mol. The molecule has 0 heterocycles. The SMILES string of the molecule is CCC(C)(CN)CCCO. The Morgan fingerprint density at radius 2 is 2.10 bits per heavy atom. The van der Waals surface area contributed by atoms with Crippen LogP contribution in [-0.2, 0) is 0 Å². The third kappa shape index (κ3) is 3.18. The van der Waals surface area contributed by atoms with Gasteiger partial charge in [0.2, 0.25) is 0 Å². The van der Waals surface area contributed by atoms with Gasteiger partial charge in [0.05, 0.1) is 0 Å². The summed E-state index contributed by atoms with van der Waals surface area (Å²) in [4.78, 5) is 0. The van der Waals surface area contributed by atoms with Gasteiger partial charge in [-0.3, -0.25) is 0 Å². The zero-order chi connectivity index (χ0) is 8.04. The van der Waals surface area contributed by atoms with Gasteiger partial charge in [-0.15, -0.1) is 0 Å². The second-order valence-corrected chi connectivity index (χ2v) is 3.20. The molecule has 0 rings (SSSR count). The number of nitrogens with two attached hydrogens (primary N) is 1. The highest BCUT2D eigenvalue weighted by atomic mass is 16.2. The highest BCUT2D eigenvalue weighted by Crippen LogP contribution is 2.24. The predicted octanol–water partition coefficient (Wildman–Crippen LogP) is 1.13. The van der Waals surface area contributed by atoms with Crippen molar-refractivity contribution in [3.05, 3.63) is 0 Å². The van der Waals surface area contributed by atoms with Crippen molar-refractivity contribution >= 4 is 0 Å². The molecule has 0 saturated carbocycles. The molecule has 0 aliphatic heterocycles. The molecule has 0 radical (unpaired) electrons. The highest BCUT2D eigenvalue weighted by Gasteiger charge is 2.18. The molecule has 0 aliphatic carbocycles. The molecule has 10 heavy (non-hydrogen) atoms. The van der Waals surface area contributed by atoms with Crippen LogP contribution in [0.15, 0.2) is 0 Å². The highest BCUT2D eigenvalue weighted by molar-refractivity contribution is 4.72. The summed E-state index contributed by atoms with van der Waals surface area (Å²) in [7, 11) is 0. The van der Waals surface area contributed by atoms with Crippen LogP contribution in [-0.4, -0.2) is 18.3 Å². The first-order valence-electron chi connectivity index (χ1n) is 3.99. The van der Waals surface area contributed by atoms with Gasteiger partial charge in [-0.2, -0.15) is 0 Å². The number of aliphatic hydroxyl groups is 1. The lowest BCUT2D eigenvalue weighted by Crippen LogP contribution is -2.26. The third-order valence-corrected chi connectivity index (χ3v) is 2.28. The molecular formula is C8H19NO. The van der Waals surface area contributed by atoms with Crippen molar-refractivity contribution in [1.29, 1.82) is 0 Å². The molecule has 2 heteroatoms. The Hall–Kier alpha value is -0.0800. The normalized spacial score (nSPS) is 16.8. The third-order valence-electron chi connectivity index (χ3n) is 2.28. The molecular weight excluding hydrogens is 126 g/mol. The standard InChI is InChI=1S/C8H19NO/c1-3-8(2,7-9)5-4-6-10/h10H,3-7,9H2,1-2H3. The minimum absolute atomic E-state index is 0.253. The minimum Gasteiger partial charge on any atom is -0.396 e. The molecule has 0 amide bonds. The van der Waals surface area contributed by atoms with E-state index in [1.165, 1.54) is 0 Å². The Kier molecular flexibility index (Phi) is 4.65. The van der Waals surface area contributed by atoms with Crippen molar-refractivity contribution in [2.75, 3.05) is 13.2 Å². The zero-order valence-electron chi connectivity index (χ0n) is 7.06. The summed E-state index contributed by atoms with van der Waals surface area (Å²) in [5, 5.41) is 8.58. The quantitative estimate of drug-likeness (QED) is 0.609. The molecule has 2 nitrogen and oxygen atoms in total. The van der Waals surface area contributed by atoms with Crippen LogP contribution in [0.25, 0.3) is 0 Å². The number of aliphatic hydroxyl groups excluding tert-OH is 1. The predicted molar refractivity (Wildman–Crippen MR) is 43.8 cm³/mol. The molecule has 62 valence electrons. The van der Waals surface area contributed by atoms with Crippen LogP contribution in [0.4, 0.5) is 0 Å². The Bertz CT molecular complexity index is 79.3. The molecule has 3 N–H and O–H groups in total. The lowest BCUT2D eigenvalue weighted by molar-refractivity contribution is 0.228. The van der Waals surface area contributed by atoms with Crippen LogP contribution in [0.3, 0.4) is 0 Å². The first-order valence-corrected chi connectivity index (χ1v) is 3.99. The van der Waals surface area contributed by atoms with Crippen molar-refractivity contribution in [2.24, 2.45) is 11.1 Å². The van der Waals surface area contributed by atoms with E-state index in [0.29, 0.717) is 0 Å². The summed E-state index contributed by atoms with van der Waals surface area (Å²) >= 11 is 0. The Labute approximate surface area is 63.4 Å². The topological polar surface area (TPSA) is 46.2 Å². The van der Waals surface area contributed by atoms with Crippen molar-refractivity contribution in [3.63, 3.8) is 0 Å². The van der Waals surface area contributed by atoms with Crippen LogP contribution < -0.4 is 5.73 Å². The summed E-state index contributed by atoms with van der Waals surface area (Å²) in [6.45, 7) is 5.33. The molecule has 0 aromatic rings. The van der Waals surface area contributed by atoms with Crippen molar-refractivity contribution in [1.82, 2.24) is 0 Å². The van der Waals surface area contributed by atoms with E-state index < -0.39 is 0 Å². The average Bonchev–Trinajstić information content (AvgIpc) is 2.00. The van der Waals surface area contributed by atoms with Gasteiger partial charge in [0, 0.05) is 6.61 Å². The second-order valence-electron chi connectivity index (χ2n) is 3.20. The van der Waals surface area contributed by atoms with Crippen molar-refractivity contribution in [2.45, 2.75) is 33.1 Å². The maximum atomic E-state index is 8.58. The van der Waals surface area contributed by atoms with Crippen LogP contribution in [0, 0.1) is 5.41 Å². The number of hydrogen-bond acceptors (Lipinski definition) is 2. The van der Waals surface area contributed by atoms with Gasteiger partial charge in [0.25, 0.3) is 0 Å². The fraction of sp³-hybridized carbons (Fsp3) is 1.00. The van der Waals surface area contributed by atoms with Crippen molar-refractivity contribution in [3.8, 4) is 0 Å². The van der Waals surface area contributed by atoms with Crippen LogP contribution >= 0.6 is 0 Å². The van der Waals surface area contributed by atoms with Gasteiger partial charge in [-0.1, -0.05) is 13.8 Å². The smallest absolute Gasteiger partial charge is 0.0431 e. The molecule has 1 unspecified atom stereocenters. The minimum atomic E-state index is 0.253. The maximum absolute atomic E-state index is 8.58. The van der Waals surface area contributed by atoms with Gasteiger partial charge in [-0.05, 0) is 31.2 Å². The van der Waals surface area contributed by atoms with E-state index in [1.807, 2.05) is 0 Å². The lowest BCUT2D eigenvalue weighted by atomic mass is 9.83. The van der Waals surface area contributed by atoms with E-state index in [9.17, 15) is 0 Å². The lowest BCUT2D eigenvalue weighted by Gasteiger charge is -2.25. The molecule has 0 saturated heterocycles. The summed E-state index contributed by atoms with van der Waals surface area (Å²) in [6, 6.07) is 0.